The Morgan fingerprint density at radius 3 is 2.43 bits per heavy atom. The summed E-state index contributed by atoms with van der Waals surface area (Å²) in [6.07, 6.45) is 1.21. The van der Waals surface area contributed by atoms with Crippen LogP contribution in [-0.4, -0.2) is 37.5 Å². The molecule has 1 aliphatic rings. The van der Waals surface area contributed by atoms with Gasteiger partial charge in [0.05, 0.1) is 4.90 Å². The maximum absolute atomic E-state index is 12.7. The summed E-state index contributed by atoms with van der Waals surface area (Å²) in [6, 6.07) is 7.92. The van der Waals surface area contributed by atoms with Crippen molar-refractivity contribution in [1.29, 1.82) is 0 Å². The lowest BCUT2D eigenvalue weighted by molar-refractivity contribution is -0.141. The van der Waals surface area contributed by atoms with Gasteiger partial charge in [0.1, 0.15) is 6.10 Å². The van der Waals surface area contributed by atoms with Gasteiger partial charge in [-0.3, -0.25) is 4.79 Å². The van der Waals surface area contributed by atoms with Gasteiger partial charge in [-0.15, -0.1) is 0 Å². The van der Waals surface area contributed by atoms with Crippen LogP contribution in [0, 0.1) is 5.92 Å². The molecule has 116 valence electrons. The zero-order valence-corrected chi connectivity index (χ0v) is 12.8. The van der Waals surface area contributed by atoms with Crippen molar-refractivity contribution >= 4 is 15.8 Å². The van der Waals surface area contributed by atoms with E-state index in [4.69, 9.17) is 4.74 Å². The van der Waals surface area contributed by atoms with Crippen LogP contribution in [-0.2, 0) is 19.4 Å². The van der Waals surface area contributed by atoms with E-state index in [0.29, 0.717) is 6.42 Å². The number of aliphatic hydroxyl groups excluding tert-OH is 1. The fourth-order valence-electron chi connectivity index (χ4n) is 2.83. The number of esters is 1. The molecule has 0 radical (unpaired) electrons. The molecule has 1 aromatic carbocycles. The summed E-state index contributed by atoms with van der Waals surface area (Å²) in [4.78, 5) is 12.2. The van der Waals surface area contributed by atoms with E-state index in [1.807, 2.05) is 6.92 Å². The molecular weight excluding hydrogens is 292 g/mol. The van der Waals surface area contributed by atoms with Crippen LogP contribution < -0.4 is 0 Å². The Labute approximate surface area is 124 Å². The smallest absolute Gasteiger partial charge is 0.325 e. The number of hydrogen-bond acceptors (Lipinski definition) is 5. The van der Waals surface area contributed by atoms with Crippen molar-refractivity contribution in [1.82, 2.24) is 0 Å². The maximum Gasteiger partial charge on any atom is 0.325 e. The van der Waals surface area contributed by atoms with Gasteiger partial charge in [-0.25, -0.2) is 8.42 Å². The van der Waals surface area contributed by atoms with E-state index >= 15 is 0 Å². The Morgan fingerprint density at radius 2 is 1.86 bits per heavy atom. The molecule has 0 bridgehead atoms. The second-order valence-corrected chi connectivity index (χ2v) is 7.29. The van der Waals surface area contributed by atoms with E-state index in [1.165, 1.54) is 12.1 Å². The number of hydrogen-bond donors (Lipinski definition) is 1. The molecule has 3 atom stereocenters. The predicted octanol–water partition coefficient (Wildman–Crippen LogP) is 1.55. The number of carbonyl (C=O) groups excluding carboxylic acids is 1. The number of rotatable bonds is 6. The average molecular weight is 312 g/mol. The number of cyclic esters (lactones) is 1. The fourth-order valence-corrected chi connectivity index (χ4v) is 4.74. The number of ether oxygens (including phenoxy) is 1. The summed E-state index contributed by atoms with van der Waals surface area (Å²) in [5.74, 6) is -1.19. The topological polar surface area (TPSA) is 80.7 Å². The van der Waals surface area contributed by atoms with Gasteiger partial charge in [-0.05, 0) is 25.0 Å². The quantitative estimate of drug-likeness (QED) is 0.806. The van der Waals surface area contributed by atoms with Crippen LogP contribution >= 0.6 is 0 Å². The van der Waals surface area contributed by atoms with E-state index in [-0.39, 0.29) is 17.9 Å². The van der Waals surface area contributed by atoms with Crippen molar-refractivity contribution in [2.45, 2.75) is 42.4 Å². The molecule has 0 unspecified atom stereocenters. The van der Waals surface area contributed by atoms with E-state index in [2.05, 4.69) is 0 Å². The Morgan fingerprint density at radius 1 is 1.19 bits per heavy atom. The van der Waals surface area contributed by atoms with Gasteiger partial charge in [-0.2, -0.15) is 0 Å². The highest BCUT2D eigenvalue weighted by atomic mass is 32.2. The third-order valence-electron chi connectivity index (χ3n) is 3.81. The zero-order chi connectivity index (χ0) is 15.5. The first-order valence-electron chi connectivity index (χ1n) is 7.12. The summed E-state index contributed by atoms with van der Waals surface area (Å²) >= 11 is 0. The van der Waals surface area contributed by atoms with Gasteiger partial charge in [0.15, 0.2) is 15.1 Å². The minimum atomic E-state index is -3.80. The molecule has 1 N–H and O–H groups in total. The Bertz CT molecular complexity index is 581. The van der Waals surface area contributed by atoms with E-state index in [9.17, 15) is 18.3 Å². The van der Waals surface area contributed by atoms with E-state index in [0.717, 1.165) is 6.42 Å². The lowest BCUT2D eigenvalue weighted by atomic mass is 9.94. The van der Waals surface area contributed by atoms with E-state index < -0.39 is 33.1 Å². The number of carbonyl (C=O) groups is 1. The minimum absolute atomic E-state index is 0.118. The molecule has 0 saturated carbocycles. The van der Waals surface area contributed by atoms with Crippen LogP contribution in [0.3, 0.4) is 0 Å². The lowest BCUT2D eigenvalue weighted by Crippen LogP contribution is -2.34. The molecule has 1 aliphatic heterocycles. The monoisotopic (exact) mass is 312 g/mol. The van der Waals surface area contributed by atoms with Crippen LogP contribution in [0.1, 0.15) is 26.2 Å². The lowest BCUT2D eigenvalue weighted by Gasteiger charge is -2.19. The molecular formula is C15H20O5S. The Balaban J connectivity index is 2.38. The van der Waals surface area contributed by atoms with E-state index in [1.54, 1.807) is 18.2 Å². The van der Waals surface area contributed by atoms with Gasteiger partial charge >= 0.3 is 5.97 Å². The fraction of sp³-hybridized carbons (Fsp3) is 0.533. The molecule has 21 heavy (non-hydrogen) atoms. The standard InChI is InChI=1S/C15H20O5S/c1-2-6-13-12(9-10-16)14(15(17)20-13)21(18,19)11-7-4-3-5-8-11/h3-5,7-8,12-14,16H,2,6,9-10H2,1H3/t12-,13-,14+/m1/s1. The van der Waals surface area contributed by atoms with Gasteiger partial charge in [0.25, 0.3) is 0 Å². The average Bonchev–Trinajstić information content (AvgIpc) is 2.77. The van der Waals surface area contributed by atoms with Crippen molar-refractivity contribution < 1.29 is 23.1 Å². The molecule has 6 heteroatoms. The van der Waals surface area contributed by atoms with Crippen molar-refractivity contribution in [2.24, 2.45) is 5.92 Å². The normalized spacial score (nSPS) is 25.8. The summed E-state index contributed by atoms with van der Waals surface area (Å²) in [7, 11) is -3.80. The van der Waals surface area contributed by atoms with Gasteiger partial charge in [0.2, 0.25) is 0 Å². The van der Waals surface area contributed by atoms with Gasteiger partial charge in [-0.1, -0.05) is 31.5 Å². The van der Waals surface area contributed by atoms with Crippen LogP contribution in [0.5, 0.6) is 0 Å². The number of sulfone groups is 1. The predicted molar refractivity (Wildman–Crippen MR) is 77.4 cm³/mol. The first-order chi connectivity index (χ1) is 10.0. The number of benzene rings is 1. The van der Waals surface area contributed by atoms with Crippen molar-refractivity contribution in [3.8, 4) is 0 Å². The molecule has 5 nitrogen and oxygen atoms in total. The summed E-state index contributed by atoms with van der Waals surface area (Å²) in [5, 5.41) is 7.97. The third kappa shape index (κ3) is 3.11. The zero-order valence-electron chi connectivity index (χ0n) is 11.9. The third-order valence-corrected chi connectivity index (χ3v) is 5.95. The highest BCUT2D eigenvalue weighted by Crippen LogP contribution is 2.35. The molecule has 0 amide bonds. The maximum atomic E-state index is 12.7. The molecule has 0 spiro atoms. The molecule has 1 aromatic rings. The van der Waals surface area contributed by atoms with Crippen LogP contribution in [0.4, 0.5) is 0 Å². The SMILES string of the molecule is CCC[C@H]1OC(=O)[C@@H](S(=O)(=O)c2ccccc2)[C@@H]1CCO. The van der Waals surface area contributed by atoms with Gasteiger partial charge < -0.3 is 9.84 Å². The summed E-state index contributed by atoms with van der Waals surface area (Å²) in [5.41, 5.74) is 0. The first-order valence-corrected chi connectivity index (χ1v) is 8.67. The van der Waals surface area contributed by atoms with Gasteiger partial charge in [0, 0.05) is 12.5 Å². The molecule has 1 fully saturated rings. The summed E-state index contributed by atoms with van der Waals surface area (Å²) < 4.78 is 30.7. The van der Waals surface area contributed by atoms with Crippen molar-refractivity contribution in [3.05, 3.63) is 30.3 Å². The number of aliphatic hydroxyl groups is 1. The highest BCUT2D eigenvalue weighted by Gasteiger charge is 2.51. The summed E-state index contributed by atoms with van der Waals surface area (Å²) in [6.45, 7) is 1.78. The first kappa shape index (κ1) is 16.0. The molecule has 0 aromatic heterocycles. The largest absolute Gasteiger partial charge is 0.461 e. The molecule has 1 heterocycles. The second kappa shape index (κ2) is 6.58. The molecule has 2 rings (SSSR count). The highest BCUT2D eigenvalue weighted by molar-refractivity contribution is 7.92. The van der Waals surface area contributed by atoms with Crippen molar-refractivity contribution in [2.75, 3.05) is 6.61 Å². The minimum Gasteiger partial charge on any atom is -0.461 e. The van der Waals surface area contributed by atoms with Crippen LogP contribution in [0.25, 0.3) is 0 Å². The van der Waals surface area contributed by atoms with Crippen LogP contribution in [0.2, 0.25) is 0 Å². The Kier molecular flexibility index (Phi) is 5.00. The van der Waals surface area contributed by atoms with Crippen LogP contribution in [0.15, 0.2) is 35.2 Å². The Hall–Kier alpha value is -1.40. The molecule has 0 aliphatic carbocycles. The second-order valence-electron chi connectivity index (χ2n) is 5.22. The molecule has 1 saturated heterocycles. The van der Waals surface area contributed by atoms with Crippen molar-refractivity contribution in [3.63, 3.8) is 0 Å².